The molecule has 0 amide bonds. The largest absolute Gasteiger partial charge is 0.394 e. The molecule has 0 aliphatic rings. The van der Waals surface area contributed by atoms with Gasteiger partial charge < -0.3 is 10.3 Å². The minimum atomic E-state index is 0.620. The highest BCUT2D eigenvalue weighted by Crippen LogP contribution is 2.34. The molecule has 2 aromatic rings. The molecule has 2 rings (SSSR count). The van der Waals surface area contributed by atoms with Crippen LogP contribution in [0.3, 0.4) is 0 Å². The molecule has 0 saturated heterocycles. The van der Waals surface area contributed by atoms with Crippen LogP contribution in [-0.2, 0) is 0 Å². The Kier molecular flexibility index (Phi) is 2.13. The third-order valence-electron chi connectivity index (χ3n) is 1.70. The maximum Gasteiger partial charge on any atom is 0.199 e. The van der Waals surface area contributed by atoms with Gasteiger partial charge in [-0.25, -0.2) is 0 Å². The van der Waals surface area contributed by atoms with Crippen LogP contribution in [-0.4, -0.2) is 5.16 Å². The van der Waals surface area contributed by atoms with Crippen LogP contribution in [0.15, 0.2) is 20.4 Å². The molecule has 2 aromatic heterocycles. The molecule has 5 heteroatoms. The molecule has 0 fully saturated rings. The molecular formula is C8H7BrN2OS. The first-order valence-electron chi connectivity index (χ1n) is 3.64. The van der Waals surface area contributed by atoms with Gasteiger partial charge in [-0.3, -0.25) is 0 Å². The maximum atomic E-state index is 5.78. The summed E-state index contributed by atoms with van der Waals surface area (Å²) in [6.07, 6.45) is 0. The van der Waals surface area contributed by atoms with Crippen LogP contribution in [0.1, 0.15) is 5.69 Å². The maximum absolute atomic E-state index is 5.78. The first-order chi connectivity index (χ1) is 6.18. The van der Waals surface area contributed by atoms with Crippen LogP contribution >= 0.6 is 27.3 Å². The highest BCUT2D eigenvalue weighted by atomic mass is 79.9. The second-order valence-corrected chi connectivity index (χ2v) is 4.47. The number of nitrogens with zero attached hydrogens (tertiary/aromatic N) is 1. The molecule has 0 spiro atoms. The third-order valence-corrected chi connectivity index (χ3v) is 3.39. The minimum absolute atomic E-state index is 0.620. The van der Waals surface area contributed by atoms with Crippen LogP contribution in [0.2, 0.25) is 0 Å². The quantitative estimate of drug-likeness (QED) is 0.856. The fourth-order valence-electron chi connectivity index (χ4n) is 0.987. The zero-order valence-corrected chi connectivity index (χ0v) is 9.28. The molecule has 0 aliphatic heterocycles. The van der Waals surface area contributed by atoms with Crippen molar-refractivity contribution in [3.05, 3.63) is 21.6 Å². The van der Waals surface area contributed by atoms with Gasteiger partial charge in [-0.15, -0.1) is 11.3 Å². The van der Waals surface area contributed by atoms with Gasteiger partial charge >= 0.3 is 0 Å². The summed E-state index contributed by atoms with van der Waals surface area (Å²) in [5.41, 5.74) is 7.13. The molecule has 0 unspecified atom stereocenters. The van der Waals surface area contributed by atoms with Crippen LogP contribution < -0.4 is 5.73 Å². The van der Waals surface area contributed by atoms with Crippen molar-refractivity contribution in [1.29, 1.82) is 0 Å². The van der Waals surface area contributed by atoms with Crippen molar-refractivity contribution in [1.82, 2.24) is 5.16 Å². The van der Waals surface area contributed by atoms with E-state index in [1.807, 2.05) is 18.4 Å². The average Bonchev–Trinajstić information content (AvgIpc) is 2.62. The number of thiophene rings is 1. The summed E-state index contributed by atoms with van der Waals surface area (Å²) in [6.45, 7) is 1.82. The molecule has 0 bridgehead atoms. The van der Waals surface area contributed by atoms with E-state index in [2.05, 4.69) is 21.1 Å². The van der Waals surface area contributed by atoms with Crippen molar-refractivity contribution in [3.8, 4) is 10.6 Å². The van der Waals surface area contributed by atoms with Crippen LogP contribution in [0, 0.1) is 6.92 Å². The van der Waals surface area contributed by atoms with E-state index < -0.39 is 0 Å². The third kappa shape index (κ3) is 1.49. The van der Waals surface area contributed by atoms with E-state index >= 15 is 0 Å². The lowest BCUT2D eigenvalue weighted by Gasteiger charge is -1.90. The van der Waals surface area contributed by atoms with E-state index in [1.165, 1.54) is 0 Å². The summed E-state index contributed by atoms with van der Waals surface area (Å²) in [5, 5.41) is 5.77. The number of hydrogen-bond donors (Lipinski definition) is 1. The van der Waals surface area contributed by atoms with E-state index in [9.17, 15) is 0 Å². The van der Waals surface area contributed by atoms with Gasteiger partial charge in [-0.2, -0.15) is 0 Å². The standard InChI is InChI=1S/C8H7BrN2OS/c1-4-7(10)8(12-11-4)6-2-5(9)3-13-6/h2-3H,10H2,1H3. The first kappa shape index (κ1) is 8.77. The van der Waals surface area contributed by atoms with Gasteiger partial charge in [-0.1, -0.05) is 5.16 Å². The predicted octanol–water partition coefficient (Wildman–Crippen LogP) is 3.06. The van der Waals surface area contributed by atoms with Crippen LogP contribution in [0.25, 0.3) is 10.6 Å². The second-order valence-electron chi connectivity index (χ2n) is 2.64. The molecule has 3 nitrogen and oxygen atoms in total. The molecular weight excluding hydrogens is 252 g/mol. The summed E-state index contributed by atoms with van der Waals surface area (Å²) < 4.78 is 6.14. The Bertz CT molecular complexity index is 435. The van der Waals surface area contributed by atoms with E-state index in [0.717, 1.165) is 15.0 Å². The van der Waals surface area contributed by atoms with Gasteiger partial charge in [0.2, 0.25) is 0 Å². The number of nitrogens with two attached hydrogens (primary N) is 1. The monoisotopic (exact) mass is 258 g/mol. The van der Waals surface area contributed by atoms with Crippen molar-refractivity contribution < 1.29 is 4.52 Å². The highest BCUT2D eigenvalue weighted by Gasteiger charge is 2.13. The number of hydrogen-bond acceptors (Lipinski definition) is 4. The molecule has 0 aliphatic carbocycles. The Morgan fingerprint density at radius 3 is 2.85 bits per heavy atom. The summed E-state index contributed by atoms with van der Waals surface area (Å²) >= 11 is 4.94. The molecule has 2 N–H and O–H groups in total. The fraction of sp³-hybridized carbons (Fsp3) is 0.125. The van der Waals surface area contributed by atoms with Crippen molar-refractivity contribution in [3.63, 3.8) is 0 Å². The fourth-order valence-corrected chi connectivity index (χ4v) is 2.40. The van der Waals surface area contributed by atoms with Crippen LogP contribution in [0.5, 0.6) is 0 Å². The van der Waals surface area contributed by atoms with Gasteiger partial charge in [0.25, 0.3) is 0 Å². The average molecular weight is 259 g/mol. The van der Waals surface area contributed by atoms with E-state index in [4.69, 9.17) is 10.3 Å². The van der Waals surface area contributed by atoms with E-state index in [0.29, 0.717) is 11.4 Å². The number of nitrogen functional groups attached to an aromatic ring is 1. The van der Waals surface area contributed by atoms with Crippen LogP contribution in [0.4, 0.5) is 5.69 Å². The lowest BCUT2D eigenvalue weighted by molar-refractivity contribution is 0.428. The Morgan fingerprint density at radius 2 is 2.38 bits per heavy atom. The summed E-state index contributed by atoms with van der Waals surface area (Å²) in [7, 11) is 0. The zero-order valence-electron chi connectivity index (χ0n) is 6.87. The Hall–Kier alpha value is -0.810. The summed E-state index contributed by atoms with van der Waals surface area (Å²) in [5.74, 6) is 0.660. The predicted molar refractivity (Wildman–Crippen MR) is 56.7 cm³/mol. The lowest BCUT2D eigenvalue weighted by atomic mass is 10.3. The minimum Gasteiger partial charge on any atom is -0.394 e. The summed E-state index contributed by atoms with van der Waals surface area (Å²) in [4.78, 5) is 0.991. The van der Waals surface area contributed by atoms with Gasteiger partial charge in [-0.05, 0) is 28.9 Å². The smallest absolute Gasteiger partial charge is 0.199 e. The van der Waals surface area contributed by atoms with Gasteiger partial charge in [0, 0.05) is 9.85 Å². The van der Waals surface area contributed by atoms with E-state index in [-0.39, 0.29) is 0 Å². The second kappa shape index (κ2) is 3.16. The van der Waals surface area contributed by atoms with Crippen molar-refractivity contribution in [2.45, 2.75) is 6.92 Å². The molecule has 0 aromatic carbocycles. The Balaban J connectivity index is 2.52. The normalized spacial score (nSPS) is 10.6. The number of aromatic nitrogens is 1. The topological polar surface area (TPSA) is 52.0 Å². The zero-order chi connectivity index (χ0) is 9.42. The SMILES string of the molecule is Cc1noc(-c2cc(Br)cs2)c1N. The Morgan fingerprint density at radius 1 is 1.62 bits per heavy atom. The molecule has 2 heterocycles. The van der Waals surface area contributed by atoms with Crippen molar-refractivity contribution in [2.24, 2.45) is 0 Å². The van der Waals surface area contributed by atoms with Gasteiger partial charge in [0.05, 0.1) is 4.88 Å². The lowest BCUT2D eigenvalue weighted by Crippen LogP contribution is -1.86. The molecule has 0 radical (unpaired) electrons. The van der Waals surface area contributed by atoms with Gasteiger partial charge in [0.15, 0.2) is 5.76 Å². The number of rotatable bonds is 1. The molecule has 0 saturated carbocycles. The Labute approximate surface area is 87.7 Å². The highest BCUT2D eigenvalue weighted by molar-refractivity contribution is 9.10. The first-order valence-corrected chi connectivity index (χ1v) is 5.32. The number of halogens is 1. The number of anilines is 1. The van der Waals surface area contributed by atoms with Gasteiger partial charge in [0.1, 0.15) is 11.4 Å². The molecule has 68 valence electrons. The van der Waals surface area contributed by atoms with E-state index in [1.54, 1.807) is 11.3 Å². The molecule has 13 heavy (non-hydrogen) atoms. The van der Waals surface area contributed by atoms with Crippen molar-refractivity contribution >= 4 is 33.0 Å². The van der Waals surface area contributed by atoms with Crippen molar-refractivity contribution in [2.75, 3.05) is 5.73 Å². The number of aryl methyl sites for hydroxylation is 1. The summed E-state index contributed by atoms with van der Waals surface area (Å²) in [6, 6.07) is 1.96. The molecule has 0 atom stereocenters.